The molecule has 3 N–H and O–H groups in total. The van der Waals surface area contributed by atoms with Gasteiger partial charge in [0.05, 0.1) is 20.0 Å². The number of methoxy groups -OCH3 is 1. The number of nitrogens with zero attached hydrogens (tertiary/aromatic N) is 3. The number of H-pyrrole nitrogens is 1. The lowest BCUT2D eigenvalue weighted by atomic mass is 10.2. The molecule has 3 rings (SSSR count). The average molecular weight is 271 g/mol. The first-order valence-corrected chi connectivity index (χ1v) is 6.01. The number of para-hydroxylation sites is 1. The summed E-state index contributed by atoms with van der Waals surface area (Å²) in [4.78, 5) is 22.3. The number of fused-ring (bicyclic) bond motifs is 1. The van der Waals surface area contributed by atoms with Crippen LogP contribution in [0.4, 0.5) is 5.95 Å². The highest BCUT2D eigenvalue weighted by Crippen LogP contribution is 2.19. The summed E-state index contributed by atoms with van der Waals surface area (Å²) in [6.45, 7) is 0.496. The van der Waals surface area contributed by atoms with Crippen LogP contribution in [0.25, 0.3) is 11.2 Å². The number of aromatic amines is 1. The van der Waals surface area contributed by atoms with E-state index >= 15 is 0 Å². The number of rotatable bonds is 3. The van der Waals surface area contributed by atoms with E-state index in [9.17, 15) is 4.79 Å². The lowest BCUT2D eigenvalue weighted by molar-refractivity contribution is 0.408. The van der Waals surface area contributed by atoms with E-state index in [1.807, 2.05) is 24.3 Å². The van der Waals surface area contributed by atoms with Gasteiger partial charge in [-0.2, -0.15) is 4.98 Å². The van der Waals surface area contributed by atoms with Crippen molar-refractivity contribution >= 4 is 17.1 Å². The maximum Gasteiger partial charge on any atom is 0.280 e. The molecule has 3 aromatic rings. The topological polar surface area (TPSA) is 98.8 Å². The third kappa shape index (κ3) is 1.99. The second kappa shape index (κ2) is 4.69. The van der Waals surface area contributed by atoms with Crippen LogP contribution in [0.3, 0.4) is 0 Å². The number of nitrogen functional groups attached to an aromatic ring is 1. The lowest BCUT2D eigenvalue weighted by Gasteiger charge is -2.09. The van der Waals surface area contributed by atoms with E-state index < -0.39 is 0 Å². The van der Waals surface area contributed by atoms with Crippen molar-refractivity contribution < 1.29 is 4.74 Å². The molecule has 0 bridgehead atoms. The zero-order valence-electron chi connectivity index (χ0n) is 10.8. The summed E-state index contributed by atoms with van der Waals surface area (Å²) in [5.74, 6) is 0.844. The van der Waals surface area contributed by atoms with Gasteiger partial charge in [-0.15, -0.1) is 0 Å². The van der Waals surface area contributed by atoms with Crippen LogP contribution < -0.4 is 16.0 Å². The highest BCUT2D eigenvalue weighted by Gasteiger charge is 2.11. The third-order valence-corrected chi connectivity index (χ3v) is 3.03. The summed E-state index contributed by atoms with van der Waals surface area (Å²) in [5, 5.41) is 0. The van der Waals surface area contributed by atoms with E-state index in [2.05, 4.69) is 15.0 Å². The number of aromatic nitrogens is 4. The molecule has 0 unspecified atom stereocenters. The van der Waals surface area contributed by atoms with Crippen LogP contribution in [0, 0.1) is 0 Å². The first-order chi connectivity index (χ1) is 9.69. The van der Waals surface area contributed by atoms with Crippen molar-refractivity contribution in [2.75, 3.05) is 12.8 Å². The molecule has 7 nitrogen and oxygen atoms in total. The smallest absolute Gasteiger partial charge is 0.280 e. The van der Waals surface area contributed by atoms with Crippen molar-refractivity contribution in [2.24, 2.45) is 0 Å². The Labute approximate surface area is 114 Å². The van der Waals surface area contributed by atoms with Crippen molar-refractivity contribution in [1.29, 1.82) is 0 Å². The van der Waals surface area contributed by atoms with Gasteiger partial charge in [0.15, 0.2) is 11.2 Å². The number of imidazole rings is 1. The van der Waals surface area contributed by atoms with E-state index in [-0.39, 0.29) is 17.0 Å². The Morgan fingerprint density at radius 1 is 1.40 bits per heavy atom. The predicted molar refractivity (Wildman–Crippen MR) is 74.7 cm³/mol. The van der Waals surface area contributed by atoms with Crippen LogP contribution in [-0.4, -0.2) is 26.6 Å². The Morgan fingerprint density at radius 3 is 3.00 bits per heavy atom. The van der Waals surface area contributed by atoms with Crippen LogP contribution in [-0.2, 0) is 6.54 Å². The molecule has 0 spiro atoms. The molecule has 0 fully saturated rings. The van der Waals surface area contributed by atoms with Gasteiger partial charge in [-0.1, -0.05) is 18.2 Å². The fraction of sp³-hybridized carbons (Fsp3) is 0.154. The number of benzene rings is 1. The summed E-state index contributed by atoms with van der Waals surface area (Å²) in [7, 11) is 1.62. The van der Waals surface area contributed by atoms with Crippen molar-refractivity contribution in [3.63, 3.8) is 0 Å². The SMILES string of the molecule is COc1ccccc1Cn1cnc2c(=O)[nH]c(N)nc21. The molecule has 0 aliphatic rings. The average Bonchev–Trinajstić information content (AvgIpc) is 2.83. The van der Waals surface area contributed by atoms with Gasteiger partial charge in [0.1, 0.15) is 5.75 Å². The second-order valence-electron chi connectivity index (χ2n) is 4.31. The fourth-order valence-corrected chi connectivity index (χ4v) is 2.10. The normalized spacial score (nSPS) is 10.8. The molecular formula is C13H13N5O2. The van der Waals surface area contributed by atoms with Gasteiger partial charge in [-0.3, -0.25) is 9.78 Å². The molecule has 0 saturated heterocycles. The summed E-state index contributed by atoms with van der Waals surface area (Å²) in [6, 6.07) is 7.64. The number of nitrogens with one attached hydrogen (secondary N) is 1. The molecule has 0 radical (unpaired) electrons. The molecule has 102 valence electrons. The quantitative estimate of drug-likeness (QED) is 0.732. The molecule has 1 aromatic carbocycles. The van der Waals surface area contributed by atoms with Gasteiger partial charge in [0.2, 0.25) is 5.95 Å². The van der Waals surface area contributed by atoms with Gasteiger partial charge in [-0.25, -0.2) is 4.98 Å². The maximum absolute atomic E-state index is 11.7. The van der Waals surface area contributed by atoms with Crippen molar-refractivity contribution in [1.82, 2.24) is 19.5 Å². The Hall–Kier alpha value is -2.83. The monoisotopic (exact) mass is 271 g/mol. The molecular weight excluding hydrogens is 258 g/mol. The molecule has 0 saturated carbocycles. The Bertz CT molecular complexity index is 821. The second-order valence-corrected chi connectivity index (χ2v) is 4.31. The van der Waals surface area contributed by atoms with E-state index in [1.165, 1.54) is 0 Å². The summed E-state index contributed by atoms with van der Waals surface area (Å²) >= 11 is 0. The zero-order valence-corrected chi connectivity index (χ0v) is 10.8. The number of hydrogen-bond donors (Lipinski definition) is 2. The molecule has 0 aliphatic heterocycles. The molecule has 2 heterocycles. The molecule has 0 atom stereocenters. The molecule has 0 aliphatic carbocycles. The van der Waals surface area contributed by atoms with Crippen LogP contribution in [0.5, 0.6) is 5.75 Å². The molecule has 0 amide bonds. The summed E-state index contributed by atoms with van der Waals surface area (Å²) < 4.78 is 7.07. The van der Waals surface area contributed by atoms with Gasteiger partial charge in [-0.05, 0) is 6.07 Å². The Balaban J connectivity index is 2.09. The largest absolute Gasteiger partial charge is 0.496 e. The fourth-order valence-electron chi connectivity index (χ4n) is 2.10. The van der Waals surface area contributed by atoms with E-state index in [0.29, 0.717) is 12.2 Å². The highest BCUT2D eigenvalue weighted by atomic mass is 16.5. The van der Waals surface area contributed by atoms with E-state index in [4.69, 9.17) is 10.5 Å². The van der Waals surface area contributed by atoms with Gasteiger partial charge >= 0.3 is 0 Å². The maximum atomic E-state index is 11.7. The zero-order chi connectivity index (χ0) is 14.1. The van der Waals surface area contributed by atoms with Gasteiger partial charge in [0.25, 0.3) is 5.56 Å². The van der Waals surface area contributed by atoms with Crippen LogP contribution in [0.1, 0.15) is 5.56 Å². The van der Waals surface area contributed by atoms with Crippen LogP contribution in [0.15, 0.2) is 35.4 Å². The first kappa shape index (κ1) is 12.2. The summed E-state index contributed by atoms with van der Waals surface area (Å²) in [5.41, 5.74) is 6.92. The molecule has 20 heavy (non-hydrogen) atoms. The molecule has 2 aromatic heterocycles. The third-order valence-electron chi connectivity index (χ3n) is 3.03. The van der Waals surface area contributed by atoms with Gasteiger partial charge < -0.3 is 15.0 Å². The minimum Gasteiger partial charge on any atom is -0.496 e. The van der Waals surface area contributed by atoms with Crippen LogP contribution in [0.2, 0.25) is 0 Å². The predicted octanol–water partition coefficient (Wildman–Crippen LogP) is 0.759. The van der Waals surface area contributed by atoms with Crippen molar-refractivity contribution in [3.8, 4) is 5.75 Å². The summed E-state index contributed by atoms with van der Waals surface area (Å²) in [6.07, 6.45) is 1.57. The van der Waals surface area contributed by atoms with Crippen LogP contribution >= 0.6 is 0 Å². The number of nitrogens with two attached hydrogens (primary N) is 1. The Kier molecular flexibility index (Phi) is 2.86. The number of hydrogen-bond acceptors (Lipinski definition) is 5. The first-order valence-electron chi connectivity index (χ1n) is 6.01. The number of anilines is 1. The molecule has 7 heteroatoms. The minimum atomic E-state index is -0.341. The van der Waals surface area contributed by atoms with Crippen molar-refractivity contribution in [2.45, 2.75) is 6.54 Å². The Morgan fingerprint density at radius 2 is 2.20 bits per heavy atom. The van der Waals surface area contributed by atoms with E-state index in [1.54, 1.807) is 18.0 Å². The number of ether oxygens (including phenoxy) is 1. The minimum absolute atomic E-state index is 0.0734. The standard InChI is InChI=1S/C13H13N5O2/c1-20-9-5-3-2-4-8(9)6-18-7-15-10-11(18)16-13(14)17-12(10)19/h2-5,7H,6H2,1H3,(H3,14,16,17,19). The lowest BCUT2D eigenvalue weighted by Crippen LogP contribution is -2.12. The van der Waals surface area contributed by atoms with E-state index in [0.717, 1.165) is 11.3 Å². The highest BCUT2D eigenvalue weighted by molar-refractivity contribution is 5.70. The van der Waals surface area contributed by atoms with Gasteiger partial charge in [0, 0.05) is 5.56 Å². The van der Waals surface area contributed by atoms with Crippen molar-refractivity contribution in [3.05, 3.63) is 46.5 Å².